The number of benzene rings is 1. The molecule has 0 amide bonds. The number of aromatic nitrogens is 2. The Morgan fingerprint density at radius 3 is 2.68 bits per heavy atom. The first-order chi connectivity index (χ1) is 9.03. The minimum absolute atomic E-state index is 0.139. The van der Waals surface area contributed by atoms with Gasteiger partial charge in [-0.2, -0.15) is 0 Å². The number of hydrogen-bond acceptors (Lipinski definition) is 1. The molecule has 1 saturated carbocycles. The molecule has 98 valence electrons. The van der Waals surface area contributed by atoms with Gasteiger partial charge in [-0.3, -0.25) is 0 Å². The van der Waals surface area contributed by atoms with Crippen molar-refractivity contribution in [1.29, 1.82) is 0 Å². The number of rotatable bonds is 1. The number of H-pyrrole nitrogens is 1. The smallest absolute Gasteiger partial charge is 0.177 e. The monoisotopic (exact) mass is 282 g/mol. The van der Waals surface area contributed by atoms with Crippen LogP contribution in [0.2, 0.25) is 0 Å². The summed E-state index contributed by atoms with van der Waals surface area (Å²) in [5.74, 6) is -2.69. The third-order valence-corrected chi connectivity index (χ3v) is 4.66. The van der Waals surface area contributed by atoms with Crippen LogP contribution in [0.3, 0.4) is 0 Å². The Morgan fingerprint density at radius 1 is 1.21 bits per heavy atom. The third kappa shape index (κ3) is 1.30. The lowest BCUT2D eigenvalue weighted by molar-refractivity contribution is 0.473. The Hall–Kier alpha value is -1.56. The molecule has 2 heterocycles. The molecule has 2 aliphatic rings. The number of nitrogens with zero attached hydrogens (tertiary/aromatic N) is 1. The molecule has 1 aliphatic heterocycles. The van der Waals surface area contributed by atoms with Crippen LogP contribution in [-0.4, -0.2) is 9.55 Å². The van der Waals surface area contributed by atoms with Gasteiger partial charge >= 0.3 is 0 Å². The zero-order valence-electron chi connectivity index (χ0n) is 9.71. The number of halogens is 3. The second kappa shape index (κ2) is 3.30. The Morgan fingerprint density at radius 2 is 1.95 bits per heavy atom. The SMILES string of the molecule is Fc1cc(F)c([C@]23C[C@H]2c2c[nH]c(=S)n2C3)cc1F. The van der Waals surface area contributed by atoms with Crippen LogP contribution in [0.25, 0.3) is 0 Å². The average molecular weight is 282 g/mol. The first-order valence-corrected chi connectivity index (χ1v) is 6.37. The van der Waals surface area contributed by atoms with Crippen molar-refractivity contribution in [1.82, 2.24) is 9.55 Å². The molecule has 1 aliphatic carbocycles. The topological polar surface area (TPSA) is 20.7 Å². The van der Waals surface area contributed by atoms with Crippen molar-refractivity contribution >= 4 is 12.2 Å². The molecular formula is C13H9F3N2S. The molecule has 1 N–H and O–H groups in total. The van der Waals surface area contributed by atoms with Gasteiger partial charge in [-0.1, -0.05) is 0 Å². The van der Waals surface area contributed by atoms with Gasteiger partial charge in [-0.25, -0.2) is 13.2 Å². The minimum atomic E-state index is -1.15. The van der Waals surface area contributed by atoms with Gasteiger partial charge in [0, 0.05) is 35.8 Å². The molecular weight excluding hydrogens is 273 g/mol. The van der Waals surface area contributed by atoms with Gasteiger partial charge in [-0.05, 0) is 30.3 Å². The van der Waals surface area contributed by atoms with Gasteiger partial charge in [0.05, 0.1) is 0 Å². The average Bonchev–Trinajstić information content (AvgIpc) is 2.83. The van der Waals surface area contributed by atoms with E-state index in [-0.39, 0.29) is 11.5 Å². The van der Waals surface area contributed by atoms with Crippen LogP contribution in [0.1, 0.15) is 23.6 Å². The fourth-order valence-electron chi connectivity index (χ4n) is 3.30. The zero-order chi connectivity index (χ0) is 13.4. The molecule has 1 aromatic carbocycles. The van der Waals surface area contributed by atoms with Crippen LogP contribution in [0.4, 0.5) is 13.2 Å². The van der Waals surface area contributed by atoms with Gasteiger partial charge in [0.1, 0.15) is 5.82 Å². The highest BCUT2D eigenvalue weighted by Crippen LogP contribution is 2.65. The fourth-order valence-corrected chi connectivity index (χ4v) is 3.53. The standard InChI is InChI=1S/C13H9F3N2S/c14-8-2-10(16)9(15)1-6(8)13-3-7(13)11-4-17-12(19)18(11)5-13/h1-2,4,7H,3,5H2,(H,17,19)/t7-,13+/m0/s1. The molecule has 2 aromatic rings. The normalized spacial score (nSPS) is 27.2. The Kier molecular flexibility index (Phi) is 1.96. The summed E-state index contributed by atoms with van der Waals surface area (Å²) in [6.07, 6.45) is 2.57. The second-order valence-electron chi connectivity index (χ2n) is 5.26. The predicted molar refractivity (Wildman–Crippen MR) is 65.0 cm³/mol. The molecule has 0 spiro atoms. The van der Waals surface area contributed by atoms with E-state index < -0.39 is 22.9 Å². The quantitative estimate of drug-likeness (QED) is 0.628. The number of imidazole rings is 1. The van der Waals surface area contributed by atoms with Crippen LogP contribution in [0, 0.1) is 22.2 Å². The van der Waals surface area contributed by atoms with Crippen molar-refractivity contribution in [2.45, 2.75) is 24.3 Å². The number of nitrogens with one attached hydrogen (secondary N) is 1. The first kappa shape index (κ1) is 11.3. The highest BCUT2D eigenvalue weighted by molar-refractivity contribution is 7.71. The molecule has 0 bridgehead atoms. The molecule has 4 rings (SSSR count). The highest BCUT2D eigenvalue weighted by atomic mass is 32.1. The molecule has 0 saturated heterocycles. The fraction of sp³-hybridized carbons (Fsp3) is 0.308. The molecule has 1 aromatic heterocycles. The summed E-state index contributed by atoms with van der Waals surface area (Å²) in [4.78, 5) is 2.95. The molecule has 0 unspecified atom stereocenters. The molecule has 19 heavy (non-hydrogen) atoms. The Bertz CT molecular complexity index is 764. The maximum atomic E-state index is 13.9. The van der Waals surface area contributed by atoms with E-state index in [4.69, 9.17) is 12.2 Å². The summed E-state index contributed by atoms with van der Waals surface area (Å²) in [5.41, 5.74) is 0.833. The van der Waals surface area contributed by atoms with E-state index >= 15 is 0 Å². The summed E-state index contributed by atoms with van der Waals surface area (Å²) in [6.45, 7) is 0.525. The molecule has 6 heteroatoms. The van der Waals surface area contributed by atoms with Crippen LogP contribution >= 0.6 is 12.2 Å². The van der Waals surface area contributed by atoms with Gasteiger partial charge in [0.2, 0.25) is 0 Å². The van der Waals surface area contributed by atoms with E-state index in [1.165, 1.54) is 0 Å². The van der Waals surface area contributed by atoms with E-state index in [0.29, 0.717) is 17.4 Å². The van der Waals surface area contributed by atoms with E-state index in [1.807, 2.05) is 10.8 Å². The second-order valence-corrected chi connectivity index (χ2v) is 5.65. The van der Waals surface area contributed by atoms with Crippen LogP contribution in [0.5, 0.6) is 0 Å². The number of hydrogen-bond donors (Lipinski definition) is 1. The van der Waals surface area contributed by atoms with E-state index in [0.717, 1.165) is 18.2 Å². The van der Waals surface area contributed by atoms with Crippen molar-refractivity contribution in [3.63, 3.8) is 0 Å². The van der Waals surface area contributed by atoms with Gasteiger partial charge in [0.15, 0.2) is 16.4 Å². The Labute approximate surface area is 111 Å². The van der Waals surface area contributed by atoms with Crippen molar-refractivity contribution in [2.75, 3.05) is 0 Å². The summed E-state index contributed by atoms with van der Waals surface area (Å²) < 4.78 is 42.8. The van der Waals surface area contributed by atoms with E-state index in [1.54, 1.807) is 0 Å². The highest BCUT2D eigenvalue weighted by Gasteiger charge is 2.62. The minimum Gasteiger partial charge on any atom is -0.337 e. The third-order valence-electron chi connectivity index (χ3n) is 4.32. The lowest BCUT2D eigenvalue weighted by atomic mass is 9.93. The van der Waals surface area contributed by atoms with Gasteiger partial charge in [0.25, 0.3) is 0 Å². The molecule has 1 fully saturated rings. The number of aromatic amines is 1. The van der Waals surface area contributed by atoms with Gasteiger partial charge in [-0.15, -0.1) is 0 Å². The van der Waals surface area contributed by atoms with Crippen molar-refractivity contribution in [2.24, 2.45) is 0 Å². The first-order valence-electron chi connectivity index (χ1n) is 5.96. The lowest BCUT2D eigenvalue weighted by Gasteiger charge is -2.14. The lowest BCUT2D eigenvalue weighted by Crippen LogP contribution is -2.15. The summed E-state index contributed by atoms with van der Waals surface area (Å²) in [6, 6.07) is 1.62. The van der Waals surface area contributed by atoms with E-state index in [2.05, 4.69) is 4.98 Å². The van der Waals surface area contributed by atoms with Crippen LogP contribution in [-0.2, 0) is 12.0 Å². The van der Waals surface area contributed by atoms with Crippen LogP contribution < -0.4 is 0 Å². The van der Waals surface area contributed by atoms with Crippen LogP contribution in [0.15, 0.2) is 18.3 Å². The van der Waals surface area contributed by atoms with Gasteiger partial charge < -0.3 is 9.55 Å². The zero-order valence-corrected chi connectivity index (χ0v) is 10.5. The maximum absolute atomic E-state index is 13.9. The summed E-state index contributed by atoms with van der Waals surface area (Å²) in [7, 11) is 0. The predicted octanol–water partition coefficient (Wildman–Crippen LogP) is 3.40. The largest absolute Gasteiger partial charge is 0.337 e. The maximum Gasteiger partial charge on any atom is 0.177 e. The number of fused-ring (bicyclic) bond motifs is 3. The molecule has 0 radical (unpaired) electrons. The molecule has 2 nitrogen and oxygen atoms in total. The summed E-state index contributed by atoms with van der Waals surface area (Å²) >= 11 is 5.14. The van der Waals surface area contributed by atoms with E-state index in [9.17, 15) is 13.2 Å². The Balaban J connectivity index is 1.85. The van der Waals surface area contributed by atoms with Crippen molar-refractivity contribution in [3.05, 3.63) is 51.8 Å². The van der Waals surface area contributed by atoms with Crippen molar-refractivity contribution < 1.29 is 13.2 Å². The van der Waals surface area contributed by atoms with Crippen molar-refractivity contribution in [3.8, 4) is 0 Å². The summed E-state index contributed by atoms with van der Waals surface area (Å²) in [5, 5.41) is 0. The molecule has 2 atom stereocenters.